The van der Waals surface area contributed by atoms with Gasteiger partial charge in [-0.25, -0.2) is 0 Å². The van der Waals surface area contributed by atoms with Gasteiger partial charge in [0.2, 0.25) is 0 Å². The summed E-state index contributed by atoms with van der Waals surface area (Å²) in [5.41, 5.74) is 8.31. The van der Waals surface area contributed by atoms with E-state index in [4.69, 9.17) is 15.2 Å². The zero-order valence-electron chi connectivity index (χ0n) is 10.6. The molecule has 3 nitrogen and oxygen atoms in total. The molecule has 0 saturated heterocycles. The topological polar surface area (TPSA) is 44.5 Å². The first kappa shape index (κ1) is 12.5. The first-order chi connectivity index (χ1) is 8.76. The molecule has 0 spiro atoms. The zero-order valence-corrected chi connectivity index (χ0v) is 10.6. The molecule has 0 saturated carbocycles. The van der Waals surface area contributed by atoms with Crippen LogP contribution in [0.5, 0.6) is 11.5 Å². The van der Waals surface area contributed by atoms with E-state index < -0.39 is 0 Å². The van der Waals surface area contributed by atoms with Crippen LogP contribution < -0.4 is 15.2 Å². The molecule has 0 aliphatic rings. The third-order valence-corrected chi connectivity index (χ3v) is 2.93. The van der Waals surface area contributed by atoms with E-state index in [1.807, 2.05) is 48.5 Å². The quantitative estimate of drug-likeness (QED) is 0.898. The van der Waals surface area contributed by atoms with E-state index in [0.717, 1.165) is 11.1 Å². The zero-order chi connectivity index (χ0) is 13.0. The van der Waals surface area contributed by atoms with E-state index in [-0.39, 0.29) is 6.04 Å². The van der Waals surface area contributed by atoms with Gasteiger partial charge in [-0.05, 0) is 23.3 Å². The molecule has 0 unspecified atom stereocenters. The second-order valence-electron chi connectivity index (χ2n) is 4.00. The lowest BCUT2D eigenvalue weighted by atomic mass is 9.99. The molecule has 0 heterocycles. The van der Waals surface area contributed by atoms with Crippen LogP contribution in [0.3, 0.4) is 0 Å². The van der Waals surface area contributed by atoms with Crippen LogP contribution in [-0.4, -0.2) is 14.2 Å². The van der Waals surface area contributed by atoms with E-state index >= 15 is 0 Å². The number of ether oxygens (including phenoxy) is 2. The minimum absolute atomic E-state index is 0.161. The summed E-state index contributed by atoms with van der Waals surface area (Å²) in [5, 5.41) is 0. The Kier molecular flexibility index (Phi) is 3.85. The Morgan fingerprint density at radius 3 is 2.11 bits per heavy atom. The predicted octanol–water partition coefficient (Wildman–Crippen LogP) is 2.75. The lowest BCUT2D eigenvalue weighted by Gasteiger charge is -2.15. The summed E-state index contributed by atoms with van der Waals surface area (Å²) in [6.45, 7) is 0. The van der Waals surface area contributed by atoms with Crippen molar-refractivity contribution in [2.75, 3.05) is 14.2 Å². The Morgan fingerprint density at radius 2 is 1.50 bits per heavy atom. The minimum atomic E-state index is -0.161. The molecule has 2 N–H and O–H groups in total. The number of benzene rings is 2. The fourth-order valence-corrected chi connectivity index (χ4v) is 1.90. The molecule has 2 aromatic rings. The number of methoxy groups -OCH3 is 2. The molecule has 2 aromatic carbocycles. The van der Waals surface area contributed by atoms with Crippen molar-refractivity contribution >= 4 is 0 Å². The SMILES string of the molecule is COc1ccc([C@@H](N)c2ccccc2)cc1OC. The molecular weight excluding hydrogens is 226 g/mol. The summed E-state index contributed by atoms with van der Waals surface area (Å²) < 4.78 is 10.5. The molecular formula is C15H17NO2. The molecule has 0 aliphatic carbocycles. The highest BCUT2D eigenvalue weighted by Gasteiger charge is 2.11. The third kappa shape index (κ3) is 2.46. The second-order valence-corrected chi connectivity index (χ2v) is 4.00. The van der Waals surface area contributed by atoms with Crippen molar-refractivity contribution in [2.45, 2.75) is 6.04 Å². The summed E-state index contributed by atoms with van der Waals surface area (Å²) in [6, 6.07) is 15.6. The lowest BCUT2D eigenvalue weighted by Crippen LogP contribution is -2.11. The average Bonchev–Trinajstić information content (AvgIpc) is 2.46. The molecule has 18 heavy (non-hydrogen) atoms. The predicted molar refractivity (Wildman–Crippen MR) is 72.0 cm³/mol. The Hall–Kier alpha value is -2.00. The van der Waals surface area contributed by atoms with E-state index in [1.54, 1.807) is 14.2 Å². The van der Waals surface area contributed by atoms with E-state index in [0.29, 0.717) is 11.5 Å². The molecule has 94 valence electrons. The van der Waals surface area contributed by atoms with E-state index in [9.17, 15) is 0 Å². The molecule has 0 aromatic heterocycles. The van der Waals surface area contributed by atoms with Gasteiger partial charge in [0.15, 0.2) is 11.5 Å². The molecule has 1 atom stereocenters. The van der Waals surface area contributed by atoms with Crippen LogP contribution in [-0.2, 0) is 0 Å². The summed E-state index contributed by atoms with van der Waals surface area (Å²) in [7, 11) is 3.24. The number of hydrogen-bond donors (Lipinski definition) is 1. The van der Waals surface area contributed by atoms with Crippen molar-refractivity contribution in [3.8, 4) is 11.5 Å². The van der Waals surface area contributed by atoms with Crippen LogP contribution in [0.4, 0.5) is 0 Å². The maximum atomic E-state index is 6.24. The van der Waals surface area contributed by atoms with Gasteiger partial charge in [0.1, 0.15) is 0 Å². The van der Waals surface area contributed by atoms with Gasteiger partial charge in [0.25, 0.3) is 0 Å². The average molecular weight is 243 g/mol. The molecule has 0 radical (unpaired) electrons. The van der Waals surface area contributed by atoms with Crippen molar-refractivity contribution in [3.05, 3.63) is 59.7 Å². The number of nitrogens with two attached hydrogens (primary N) is 1. The fourth-order valence-electron chi connectivity index (χ4n) is 1.90. The Morgan fingerprint density at radius 1 is 0.833 bits per heavy atom. The summed E-state index contributed by atoms with van der Waals surface area (Å²) in [6.07, 6.45) is 0. The number of rotatable bonds is 4. The first-order valence-corrected chi connectivity index (χ1v) is 5.78. The van der Waals surface area contributed by atoms with Crippen molar-refractivity contribution in [2.24, 2.45) is 5.73 Å². The summed E-state index contributed by atoms with van der Waals surface area (Å²) in [5.74, 6) is 1.41. The highest BCUT2D eigenvalue weighted by atomic mass is 16.5. The maximum Gasteiger partial charge on any atom is 0.161 e. The van der Waals surface area contributed by atoms with Crippen LogP contribution >= 0.6 is 0 Å². The number of hydrogen-bond acceptors (Lipinski definition) is 3. The largest absolute Gasteiger partial charge is 0.493 e. The van der Waals surface area contributed by atoms with Crippen molar-refractivity contribution < 1.29 is 9.47 Å². The lowest BCUT2D eigenvalue weighted by molar-refractivity contribution is 0.354. The Labute approximate surface area is 107 Å². The van der Waals surface area contributed by atoms with Gasteiger partial charge in [0.05, 0.1) is 20.3 Å². The summed E-state index contributed by atoms with van der Waals surface area (Å²) in [4.78, 5) is 0. The standard InChI is InChI=1S/C15H17NO2/c1-17-13-9-8-12(10-14(13)18-2)15(16)11-6-4-3-5-7-11/h3-10,15H,16H2,1-2H3/t15-/m0/s1. The van der Waals surface area contributed by atoms with Crippen molar-refractivity contribution in [3.63, 3.8) is 0 Å². The van der Waals surface area contributed by atoms with Crippen LogP contribution in [0, 0.1) is 0 Å². The Bertz CT molecular complexity index is 511. The third-order valence-electron chi connectivity index (χ3n) is 2.93. The smallest absolute Gasteiger partial charge is 0.161 e. The van der Waals surface area contributed by atoms with E-state index in [1.165, 1.54) is 0 Å². The molecule has 0 aliphatic heterocycles. The van der Waals surface area contributed by atoms with Gasteiger partial charge in [-0.2, -0.15) is 0 Å². The van der Waals surface area contributed by atoms with Crippen molar-refractivity contribution in [1.29, 1.82) is 0 Å². The van der Waals surface area contributed by atoms with Crippen LogP contribution in [0.1, 0.15) is 17.2 Å². The van der Waals surface area contributed by atoms with Crippen molar-refractivity contribution in [1.82, 2.24) is 0 Å². The van der Waals surface area contributed by atoms with Crippen LogP contribution in [0.25, 0.3) is 0 Å². The molecule has 0 bridgehead atoms. The maximum absolute atomic E-state index is 6.24. The van der Waals surface area contributed by atoms with Crippen LogP contribution in [0.2, 0.25) is 0 Å². The van der Waals surface area contributed by atoms with Gasteiger partial charge in [-0.15, -0.1) is 0 Å². The molecule has 0 fully saturated rings. The summed E-state index contributed by atoms with van der Waals surface area (Å²) >= 11 is 0. The normalized spacial score (nSPS) is 11.9. The van der Waals surface area contributed by atoms with E-state index in [2.05, 4.69) is 0 Å². The molecule has 0 amide bonds. The second kappa shape index (κ2) is 5.56. The van der Waals surface area contributed by atoms with Gasteiger partial charge in [0, 0.05) is 0 Å². The Balaban J connectivity index is 2.34. The van der Waals surface area contributed by atoms with Gasteiger partial charge >= 0.3 is 0 Å². The molecule has 3 heteroatoms. The minimum Gasteiger partial charge on any atom is -0.493 e. The highest BCUT2D eigenvalue weighted by Crippen LogP contribution is 2.31. The fraction of sp³-hybridized carbons (Fsp3) is 0.200. The first-order valence-electron chi connectivity index (χ1n) is 5.78. The highest BCUT2D eigenvalue weighted by molar-refractivity contribution is 5.45. The van der Waals surface area contributed by atoms with Gasteiger partial charge < -0.3 is 15.2 Å². The van der Waals surface area contributed by atoms with Crippen LogP contribution in [0.15, 0.2) is 48.5 Å². The molecule has 2 rings (SSSR count). The monoisotopic (exact) mass is 243 g/mol. The van der Waals surface area contributed by atoms with Gasteiger partial charge in [-0.1, -0.05) is 36.4 Å². The van der Waals surface area contributed by atoms with Gasteiger partial charge in [-0.3, -0.25) is 0 Å².